The topological polar surface area (TPSA) is 56.7 Å². The molecule has 0 aliphatic carbocycles. The summed E-state index contributed by atoms with van der Waals surface area (Å²) >= 11 is 0. The maximum atomic E-state index is 12.5. The number of halogens is 3. The van der Waals surface area contributed by atoms with E-state index in [1.54, 1.807) is 30.1 Å². The van der Waals surface area contributed by atoms with Crippen molar-refractivity contribution >= 4 is 16.6 Å². The standard InChI is InChI=1S/C14H11F3N4/c1-21-12-5-10(11(18)4-9(12)7-20-21)8-2-3-13(19-6-8)14(15,16)17/h2-7H,18H2,1H3. The number of fused-ring (bicyclic) bond motifs is 1. The van der Waals surface area contributed by atoms with Crippen LogP contribution >= 0.6 is 0 Å². The molecule has 0 bridgehead atoms. The molecule has 0 amide bonds. The fraction of sp³-hybridized carbons (Fsp3) is 0.143. The van der Waals surface area contributed by atoms with Crippen molar-refractivity contribution in [2.24, 2.45) is 7.05 Å². The third kappa shape index (κ3) is 2.31. The number of anilines is 1. The summed E-state index contributed by atoms with van der Waals surface area (Å²) in [7, 11) is 1.79. The number of pyridine rings is 1. The zero-order valence-corrected chi connectivity index (χ0v) is 11.0. The van der Waals surface area contributed by atoms with Gasteiger partial charge in [-0.2, -0.15) is 18.3 Å². The van der Waals surface area contributed by atoms with Gasteiger partial charge < -0.3 is 5.73 Å². The Kier molecular flexibility index (Phi) is 2.86. The second kappa shape index (κ2) is 4.47. The summed E-state index contributed by atoms with van der Waals surface area (Å²) in [5.74, 6) is 0. The van der Waals surface area contributed by atoms with Gasteiger partial charge in [0.15, 0.2) is 0 Å². The zero-order chi connectivity index (χ0) is 15.2. The molecule has 0 atom stereocenters. The van der Waals surface area contributed by atoms with Crippen LogP contribution in [0.25, 0.3) is 22.0 Å². The molecule has 2 N–H and O–H groups in total. The summed E-state index contributed by atoms with van der Waals surface area (Å²) in [4.78, 5) is 3.45. The molecule has 0 radical (unpaired) electrons. The van der Waals surface area contributed by atoms with Gasteiger partial charge in [-0.1, -0.05) is 6.07 Å². The number of benzene rings is 1. The van der Waals surface area contributed by atoms with Crippen molar-refractivity contribution in [2.75, 3.05) is 5.73 Å². The minimum Gasteiger partial charge on any atom is -0.398 e. The van der Waals surface area contributed by atoms with Crippen LogP contribution < -0.4 is 5.73 Å². The lowest BCUT2D eigenvalue weighted by atomic mass is 10.0. The minimum atomic E-state index is -4.45. The lowest BCUT2D eigenvalue weighted by Gasteiger charge is -2.09. The van der Waals surface area contributed by atoms with E-state index in [2.05, 4.69) is 10.1 Å². The van der Waals surface area contributed by atoms with Crippen LogP contribution in [0.2, 0.25) is 0 Å². The van der Waals surface area contributed by atoms with Gasteiger partial charge in [-0.05, 0) is 18.2 Å². The van der Waals surface area contributed by atoms with E-state index < -0.39 is 11.9 Å². The van der Waals surface area contributed by atoms with Gasteiger partial charge in [0.25, 0.3) is 0 Å². The first-order chi connectivity index (χ1) is 9.86. The molecule has 0 fully saturated rings. The van der Waals surface area contributed by atoms with E-state index in [0.29, 0.717) is 16.8 Å². The van der Waals surface area contributed by atoms with Gasteiger partial charge >= 0.3 is 6.18 Å². The second-order valence-electron chi connectivity index (χ2n) is 4.70. The van der Waals surface area contributed by atoms with Gasteiger partial charge in [-0.25, -0.2) is 0 Å². The highest BCUT2D eigenvalue weighted by Crippen LogP contribution is 2.32. The Labute approximate surface area is 118 Å². The van der Waals surface area contributed by atoms with E-state index in [-0.39, 0.29) is 0 Å². The summed E-state index contributed by atoms with van der Waals surface area (Å²) in [5.41, 5.74) is 7.52. The molecule has 0 aliphatic heterocycles. The van der Waals surface area contributed by atoms with Crippen LogP contribution in [0, 0.1) is 0 Å². The van der Waals surface area contributed by atoms with E-state index >= 15 is 0 Å². The number of rotatable bonds is 1. The highest BCUT2D eigenvalue weighted by Gasteiger charge is 2.32. The van der Waals surface area contributed by atoms with Crippen molar-refractivity contribution in [3.05, 3.63) is 42.4 Å². The normalized spacial score (nSPS) is 12.0. The Morgan fingerprint density at radius 1 is 1.14 bits per heavy atom. The Balaban J connectivity index is 2.11. The Bertz CT molecular complexity index is 803. The Hall–Kier alpha value is -2.57. The lowest BCUT2D eigenvalue weighted by molar-refractivity contribution is -0.141. The van der Waals surface area contributed by atoms with Crippen molar-refractivity contribution in [2.45, 2.75) is 6.18 Å². The summed E-state index contributed by atoms with van der Waals surface area (Å²) in [5, 5.41) is 4.99. The van der Waals surface area contributed by atoms with Crippen LogP contribution in [0.3, 0.4) is 0 Å². The van der Waals surface area contributed by atoms with E-state index in [0.717, 1.165) is 17.0 Å². The minimum absolute atomic E-state index is 0.469. The number of nitrogen functional groups attached to an aromatic ring is 1. The average Bonchev–Trinajstić information content (AvgIpc) is 2.78. The van der Waals surface area contributed by atoms with Crippen molar-refractivity contribution in [1.29, 1.82) is 0 Å². The van der Waals surface area contributed by atoms with Crippen molar-refractivity contribution in [3.8, 4) is 11.1 Å². The van der Waals surface area contributed by atoms with Crippen molar-refractivity contribution in [3.63, 3.8) is 0 Å². The highest BCUT2D eigenvalue weighted by atomic mass is 19.4. The maximum absolute atomic E-state index is 12.5. The highest BCUT2D eigenvalue weighted by molar-refractivity contribution is 5.91. The van der Waals surface area contributed by atoms with Crippen LogP contribution in [0.5, 0.6) is 0 Å². The third-order valence-corrected chi connectivity index (χ3v) is 3.28. The number of hydrogen-bond donors (Lipinski definition) is 1. The fourth-order valence-corrected chi connectivity index (χ4v) is 2.19. The third-order valence-electron chi connectivity index (χ3n) is 3.28. The molecule has 108 valence electrons. The van der Waals surface area contributed by atoms with Gasteiger partial charge in [0.1, 0.15) is 5.69 Å². The van der Waals surface area contributed by atoms with E-state index in [1.807, 2.05) is 0 Å². The molecule has 21 heavy (non-hydrogen) atoms. The number of alkyl halides is 3. The predicted molar refractivity (Wildman–Crippen MR) is 73.4 cm³/mol. The van der Waals surface area contributed by atoms with Gasteiger partial charge in [0.2, 0.25) is 0 Å². The van der Waals surface area contributed by atoms with Crippen LogP contribution in [-0.4, -0.2) is 14.8 Å². The molecule has 0 aliphatic rings. The zero-order valence-electron chi connectivity index (χ0n) is 11.0. The number of nitrogens with two attached hydrogens (primary N) is 1. The van der Waals surface area contributed by atoms with E-state index in [1.165, 1.54) is 12.3 Å². The van der Waals surface area contributed by atoms with Gasteiger partial charge in [0.05, 0.1) is 11.7 Å². The maximum Gasteiger partial charge on any atom is 0.433 e. The first kappa shape index (κ1) is 13.4. The van der Waals surface area contributed by atoms with Crippen molar-refractivity contribution in [1.82, 2.24) is 14.8 Å². The van der Waals surface area contributed by atoms with Crippen LogP contribution in [0.15, 0.2) is 36.7 Å². The average molecular weight is 292 g/mol. The van der Waals surface area contributed by atoms with Crippen LogP contribution in [0.1, 0.15) is 5.69 Å². The fourth-order valence-electron chi connectivity index (χ4n) is 2.19. The number of nitrogens with zero attached hydrogens (tertiary/aromatic N) is 3. The molecule has 7 heteroatoms. The quantitative estimate of drug-likeness (QED) is 0.700. The van der Waals surface area contributed by atoms with Gasteiger partial charge in [-0.15, -0.1) is 0 Å². The summed E-state index contributed by atoms with van der Waals surface area (Å²) in [6.07, 6.45) is -1.59. The molecule has 3 rings (SSSR count). The monoisotopic (exact) mass is 292 g/mol. The second-order valence-corrected chi connectivity index (χ2v) is 4.70. The first-order valence-corrected chi connectivity index (χ1v) is 6.11. The molecule has 0 spiro atoms. The predicted octanol–water partition coefficient (Wildman–Crippen LogP) is 3.24. The SMILES string of the molecule is Cn1ncc2cc(N)c(-c3ccc(C(F)(F)F)nc3)cc21. The molecule has 0 unspecified atom stereocenters. The van der Waals surface area contributed by atoms with Crippen molar-refractivity contribution < 1.29 is 13.2 Å². The Morgan fingerprint density at radius 2 is 1.90 bits per heavy atom. The van der Waals surface area contributed by atoms with Crippen LogP contribution in [0.4, 0.5) is 18.9 Å². The smallest absolute Gasteiger partial charge is 0.398 e. The Morgan fingerprint density at radius 3 is 2.52 bits per heavy atom. The molecular formula is C14H11F3N4. The number of aromatic nitrogens is 3. The molecule has 4 nitrogen and oxygen atoms in total. The largest absolute Gasteiger partial charge is 0.433 e. The summed E-state index contributed by atoms with van der Waals surface area (Å²) < 4.78 is 39.2. The number of hydrogen-bond acceptors (Lipinski definition) is 3. The summed E-state index contributed by atoms with van der Waals surface area (Å²) in [6.45, 7) is 0. The van der Waals surface area contributed by atoms with Gasteiger partial charge in [0, 0.05) is 35.4 Å². The molecule has 0 saturated heterocycles. The van der Waals surface area contributed by atoms with E-state index in [4.69, 9.17) is 5.73 Å². The molecule has 3 aromatic rings. The molecule has 1 aromatic carbocycles. The molecule has 2 heterocycles. The number of aryl methyl sites for hydroxylation is 1. The first-order valence-electron chi connectivity index (χ1n) is 6.11. The molecule has 2 aromatic heterocycles. The summed E-state index contributed by atoms with van der Waals surface area (Å²) in [6, 6.07) is 5.85. The molecule has 0 saturated carbocycles. The molecular weight excluding hydrogens is 281 g/mol. The van der Waals surface area contributed by atoms with Gasteiger partial charge in [-0.3, -0.25) is 9.67 Å². The lowest BCUT2D eigenvalue weighted by Crippen LogP contribution is -2.07. The van der Waals surface area contributed by atoms with E-state index in [9.17, 15) is 13.2 Å². The van der Waals surface area contributed by atoms with Crippen LogP contribution in [-0.2, 0) is 13.2 Å².